The van der Waals surface area contributed by atoms with E-state index in [2.05, 4.69) is 98.0 Å². The molecule has 0 saturated heterocycles. The molecule has 5 rings (SSSR count). The highest BCUT2D eigenvalue weighted by atomic mass is 16.7. The molecule has 5 nitrogen and oxygen atoms in total. The van der Waals surface area contributed by atoms with Crippen molar-refractivity contribution in [3.05, 3.63) is 148 Å². The quantitative estimate of drug-likeness (QED) is 0.203. The summed E-state index contributed by atoms with van der Waals surface area (Å²) in [7, 11) is 6.71. The molecular weight excluding hydrogens is 522 g/mol. The van der Waals surface area contributed by atoms with Crippen LogP contribution >= 0.6 is 0 Å². The average molecular weight is 564 g/mol. The molecule has 2 unspecified atom stereocenters. The number of rotatable bonds is 10. The van der Waals surface area contributed by atoms with Crippen molar-refractivity contribution >= 4 is 5.69 Å². The van der Waals surface area contributed by atoms with Crippen molar-refractivity contribution in [3.63, 3.8) is 0 Å². The Labute approximate surface area is 250 Å². The van der Waals surface area contributed by atoms with Crippen molar-refractivity contribution in [2.75, 3.05) is 34.2 Å². The Morgan fingerprint density at radius 1 is 0.619 bits per heavy atom. The lowest BCUT2D eigenvalue weighted by atomic mass is 9.76. The van der Waals surface area contributed by atoms with Crippen LogP contribution in [0.2, 0.25) is 0 Å². The number of ether oxygens (including phenoxy) is 4. The molecule has 0 amide bonds. The largest absolute Gasteiger partial charge is 0.398 e. The molecule has 0 saturated carbocycles. The van der Waals surface area contributed by atoms with Crippen LogP contribution in [-0.4, -0.2) is 40.0 Å². The lowest BCUT2D eigenvalue weighted by Gasteiger charge is -2.33. The molecule has 2 aliphatic carbocycles. The molecule has 2 aliphatic rings. The highest BCUT2D eigenvalue weighted by molar-refractivity contribution is 5.64. The molecule has 2 atom stereocenters. The normalized spacial score (nSPS) is 18.7. The number of hydrogen-bond donors (Lipinski definition) is 1. The van der Waals surface area contributed by atoms with Gasteiger partial charge in [-0.25, -0.2) is 0 Å². The van der Waals surface area contributed by atoms with Gasteiger partial charge < -0.3 is 24.7 Å². The summed E-state index contributed by atoms with van der Waals surface area (Å²) < 4.78 is 22.8. The van der Waals surface area contributed by atoms with Gasteiger partial charge in [0, 0.05) is 58.8 Å². The maximum absolute atomic E-state index is 6.93. The minimum absolute atomic E-state index is 0.00847. The Bertz CT molecular complexity index is 1500. The number of anilines is 1. The zero-order valence-electron chi connectivity index (χ0n) is 25.2. The second kappa shape index (κ2) is 12.6. The van der Waals surface area contributed by atoms with Gasteiger partial charge in [0.25, 0.3) is 0 Å². The van der Waals surface area contributed by atoms with Crippen LogP contribution in [0, 0.1) is 6.92 Å². The van der Waals surface area contributed by atoms with Crippen LogP contribution in [0.4, 0.5) is 5.69 Å². The minimum atomic E-state index is -0.758. The first-order valence-corrected chi connectivity index (χ1v) is 14.4. The maximum Gasteiger partial charge on any atom is 0.190 e. The highest BCUT2D eigenvalue weighted by Crippen LogP contribution is 2.44. The molecule has 0 spiro atoms. The third-order valence-electron chi connectivity index (χ3n) is 8.70. The Kier molecular flexibility index (Phi) is 8.95. The summed E-state index contributed by atoms with van der Waals surface area (Å²) in [5, 5.41) is 0. The standard InChI is InChI=1S/C37H41NO4/c1-26-24-31(33(27-12-8-6-9-13-27)29-16-20-36(39-2,40-3)21-17-29)25-32(35(26)38)34(28-14-10-7-11-15-28)30-18-22-37(41-4,42-5)23-19-30/h6-20,22,24-25,33-34H,21,23,38H2,1-5H3. The zero-order valence-corrected chi connectivity index (χ0v) is 25.2. The van der Waals surface area contributed by atoms with Gasteiger partial charge in [0.05, 0.1) is 0 Å². The van der Waals surface area contributed by atoms with E-state index in [-0.39, 0.29) is 11.8 Å². The van der Waals surface area contributed by atoms with Crippen molar-refractivity contribution in [3.8, 4) is 0 Å². The first-order valence-electron chi connectivity index (χ1n) is 14.4. The monoisotopic (exact) mass is 563 g/mol. The van der Waals surface area contributed by atoms with Crippen molar-refractivity contribution in [1.82, 2.24) is 0 Å². The molecule has 218 valence electrons. The van der Waals surface area contributed by atoms with E-state index in [0.717, 1.165) is 22.4 Å². The summed E-state index contributed by atoms with van der Waals surface area (Å²) in [5.74, 6) is -1.56. The zero-order chi connectivity index (χ0) is 29.7. The Balaban J connectivity index is 1.65. The summed E-state index contributed by atoms with van der Waals surface area (Å²) in [6.07, 6.45) is 14.0. The van der Waals surface area contributed by atoms with Crippen molar-refractivity contribution in [1.29, 1.82) is 0 Å². The molecule has 0 aromatic heterocycles. The summed E-state index contributed by atoms with van der Waals surface area (Å²) in [5.41, 5.74) is 15.8. The average Bonchev–Trinajstić information content (AvgIpc) is 3.05. The fourth-order valence-corrected chi connectivity index (χ4v) is 6.12. The third kappa shape index (κ3) is 5.79. The van der Waals surface area contributed by atoms with E-state index < -0.39 is 11.6 Å². The van der Waals surface area contributed by atoms with E-state index in [4.69, 9.17) is 24.7 Å². The molecule has 0 bridgehead atoms. The summed E-state index contributed by atoms with van der Waals surface area (Å²) in [4.78, 5) is 0. The second-order valence-electron chi connectivity index (χ2n) is 11.0. The Hall–Kier alpha value is -3.74. The van der Waals surface area contributed by atoms with Gasteiger partial charge in [-0.2, -0.15) is 0 Å². The molecule has 3 aromatic carbocycles. The van der Waals surface area contributed by atoms with Gasteiger partial charge in [0.1, 0.15) is 0 Å². The number of allylic oxidation sites excluding steroid dienone is 4. The molecular formula is C37H41NO4. The fourth-order valence-electron chi connectivity index (χ4n) is 6.12. The van der Waals surface area contributed by atoms with E-state index in [1.54, 1.807) is 28.4 Å². The molecule has 5 heteroatoms. The molecule has 0 fully saturated rings. The Morgan fingerprint density at radius 2 is 1.07 bits per heavy atom. The van der Waals surface area contributed by atoms with Crippen LogP contribution in [0.15, 0.2) is 120 Å². The number of nitrogens with two attached hydrogens (primary N) is 1. The van der Waals surface area contributed by atoms with Gasteiger partial charge in [-0.1, -0.05) is 97.1 Å². The van der Waals surface area contributed by atoms with Crippen LogP contribution in [0.1, 0.15) is 52.5 Å². The predicted octanol–water partition coefficient (Wildman–Crippen LogP) is 7.59. The van der Waals surface area contributed by atoms with Crippen LogP contribution in [0.3, 0.4) is 0 Å². The van der Waals surface area contributed by atoms with Crippen molar-refractivity contribution in [2.24, 2.45) is 0 Å². The fraction of sp³-hybridized carbons (Fsp3) is 0.297. The second-order valence-corrected chi connectivity index (χ2v) is 11.0. The van der Waals surface area contributed by atoms with E-state index in [1.807, 2.05) is 18.2 Å². The molecule has 0 aliphatic heterocycles. The smallest absolute Gasteiger partial charge is 0.190 e. The molecule has 3 aromatic rings. The maximum atomic E-state index is 6.93. The first kappa shape index (κ1) is 29.7. The van der Waals surface area contributed by atoms with Crippen LogP contribution < -0.4 is 5.73 Å². The summed E-state index contributed by atoms with van der Waals surface area (Å²) in [6.45, 7) is 2.10. The lowest BCUT2D eigenvalue weighted by Crippen LogP contribution is -2.32. The van der Waals surface area contributed by atoms with Crippen molar-refractivity contribution in [2.45, 2.75) is 43.2 Å². The number of nitrogen functional groups attached to an aromatic ring is 1. The molecule has 42 heavy (non-hydrogen) atoms. The Morgan fingerprint density at radius 3 is 1.50 bits per heavy atom. The molecule has 0 radical (unpaired) electrons. The third-order valence-corrected chi connectivity index (χ3v) is 8.70. The van der Waals surface area contributed by atoms with E-state index in [0.29, 0.717) is 12.8 Å². The lowest BCUT2D eigenvalue weighted by molar-refractivity contribution is -0.168. The highest BCUT2D eigenvalue weighted by Gasteiger charge is 2.33. The number of benzene rings is 3. The van der Waals surface area contributed by atoms with Gasteiger partial charge in [0.2, 0.25) is 0 Å². The topological polar surface area (TPSA) is 62.9 Å². The van der Waals surface area contributed by atoms with Crippen LogP contribution in [0.5, 0.6) is 0 Å². The summed E-state index contributed by atoms with van der Waals surface area (Å²) >= 11 is 0. The van der Waals surface area contributed by atoms with E-state index in [9.17, 15) is 0 Å². The van der Waals surface area contributed by atoms with Gasteiger partial charge in [-0.15, -0.1) is 0 Å². The van der Waals surface area contributed by atoms with Gasteiger partial charge in [0.15, 0.2) is 11.6 Å². The van der Waals surface area contributed by atoms with Gasteiger partial charge >= 0.3 is 0 Å². The summed E-state index contributed by atoms with van der Waals surface area (Å²) in [6, 6.07) is 25.7. The van der Waals surface area contributed by atoms with E-state index in [1.165, 1.54) is 22.3 Å². The van der Waals surface area contributed by atoms with Crippen molar-refractivity contribution < 1.29 is 18.9 Å². The SMILES string of the molecule is COC1(OC)C=CC(C(c2ccccc2)c2cc(C)c(N)c(C(C3=CCC(OC)(OC)C=C3)c3ccccc3)c2)=CC1. The minimum Gasteiger partial charge on any atom is -0.398 e. The number of hydrogen-bond acceptors (Lipinski definition) is 5. The van der Waals surface area contributed by atoms with Crippen LogP contribution in [0.25, 0.3) is 0 Å². The van der Waals surface area contributed by atoms with E-state index >= 15 is 0 Å². The number of aryl methyl sites for hydroxylation is 1. The van der Waals surface area contributed by atoms with Crippen LogP contribution in [-0.2, 0) is 18.9 Å². The van der Waals surface area contributed by atoms with Gasteiger partial charge in [-0.3, -0.25) is 0 Å². The number of methoxy groups -OCH3 is 4. The molecule has 0 heterocycles. The predicted molar refractivity (Wildman–Crippen MR) is 169 cm³/mol. The molecule has 2 N–H and O–H groups in total. The van der Waals surface area contributed by atoms with Gasteiger partial charge in [-0.05, 0) is 58.0 Å². The first-order chi connectivity index (χ1) is 20.4.